The lowest BCUT2D eigenvalue weighted by atomic mass is 10.1. The van der Waals surface area contributed by atoms with E-state index in [0.717, 1.165) is 18.6 Å². The second-order valence-corrected chi connectivity index (χ2v) is 3.66. The number of carboxylic acid groups (broad SMARTS) is 1. The standard InChI is InChI=1S/C12H14F2O3/c1-2-3-4-17-12-9(13)5-8(6-10(12)14)7-11(15)16/h5-6H,2-4,7H2,1H3,(H,15,16). The van der Waals surface area contributed by atoms with Gasteiger partial charge in [0.25, 0.3) is 0 Å². The number of benzene rings is 1. The number of unbranched alkanes of at least 4 members (excludes halogenated alkanes) is 1. The molecule has 0 unspecified atom stereocenters. The van der Waals surface area contributed by atoms with Crippen LogP contribution < -0.4 is 4.74 Å². The fourth-order valence-electron chi connectivity index (χ4n) is 1.35. The minimum Gasteiger partial charge on any atom is -0.488 e. The van der Waals surface area contributed by atoms with Crippen LogP contribution in [0.15, 0.2) is 12.1 Å². The summed E-state index contributed by atoms with van der Waals surface area (Å²) >= 11 is 0. The summed E-state index contributed by atoms with van der Waals surface area (Å²) in [6.45, 7) is 2.18. The average molecular weight is 244 g/mol. The van der Waals surface area contributed by atoms with Crippen LogP contribution in [0.5, 0.6) is 5.75 Å². The summed E-state index contributed by atoms with van der Waals surface area (Å²) in [6.07, 6.45) is 1.15. The predicted molar refractivity (Wildman–Crippen MR) is 58.1 cm³/mol. The van der Waals surface area contributed by atoms with Crippen LogP contribution in [0.1, 0.15) is 25.3 Å². The van der Waals surface area contributed by atoms with E-state index in [0.29, 0.717) is 6.42 Å². The first-order valence-corrected chi connectivity index (χ1v) is 5.37. The molecule has 1 aromatic rings. The van der Waals surface area contributed by atoms with E-state index in [1.165, 1.54) is 0 Å². The largest absolute Gasteiger partial charge is 0.488 e. The Kier molecular flexibility index (Phi) is 4.87. The fraction of sp³-hybridized carbons (Fsp3) is 0.417. The Balaban J connectivity index is 2.82. The maximum atomic E-state index is 13.4. The predicted octanol–water partition coefficient (Wildman–Crippen LogP) is 2.77. The highest BCUT2D eigenvalue weighted by molar-refractivity contribution is 5.70. The van der Waals surface area contributed by atoms with Crippen molar-refractivity contribution in [2.45, 2.75) is 26.2 Å². The van der Waals surface area contributed by atoms with Crippen LogP contribution in [0.2, 0.25) is 0 Å². The summed E-state index contributed by atoms with van der Waals surface area (Å²) in [6, 6.07) is 1.97. The van der Waals surface area contributed by atoms with Gasteiger partial charge in [0.1, 0.15) is 0 Å². The molecular weight excluding hydrogens is 230 g/mol. The Labute approximate surface area is 98.0 Å². The van der Waals surface area contributed by atoms with Crippen LogP contribution in [-0.4, -0.2) is 17.7 Å². The van der Waals surface area contributed by atoms with Gasteiger partial charge in [0.2, 0.25) is 0 Å². The van der Waals surface area contributed by atoms with Gasteiger partial charge in [-0.15, -0.1) is 0 Å². The molecule has 0 atom stereocenters. The molecule has 94 valence electrons. The Bertz CT molecular complexity index is 382. The summed E-state index contributed by atoms with van der Waals surface area (Å²) in [5.74, 6) is -3.30. The molecule has 0 aliphatic carbocycles. The molecule has 0 fully saturated rings. The van der Waals surface area contributed by atoms with E-state index in [9.17, 15) is 13.6 Å². The van der Waals surface area contributed by atoms with E-state index in [-0.39, 0.29) is 12.2 Å². The molecule has 1 aromatic carbocycles. The maximum absolute atomic E-state index is 13.4. The van der Waals surface area contributed by atoms with Crippen molar-refractivity contribution in [2.75, 3.05) is 6.61 Å². The van der Waals surface area contributed by atoms with Gasteiger partial charge in [-0.3, -0.25) is 4.79 Å². The molecule has 3 nitrogen and oxygen atoms in total. The summed E-state index contributed by atoms with van der Waals surface area (Å²) < 4.78 is 31.8. The zero-order valence-corrected chi connectivity index (χ0v) is 9.50. The molecule has 0 bridgehead atoms. The van der Waals surface area contributed by atoms with Crippen molar-refractivity contribution in [1.82, 2.24) is 0 Å². The maximum Gasteiger partial charge on any atom is 0.307 e. The van der Waals surface area contributed by atoms with Gasteiger partial charge in [0, 0.05) is 0 Å². The molecule has 0 radical (unpaired) electrons. The van der Waals surface area contributed by atoms with Crippen molar-refractivity contribution < 1.29 is 23.4 Å². The summed E-state index contributed by atoms with van der Waals surface area (Å²) in [4.78, 5) is 10.4. The number of carboxylic acids is 1. The molecule has 0 saturated carbocycles. The minimum atomic E-state index is -1.14. The third-order valence-corrected chi connectivity index (χ3v) is 2.16. The number of carbonyl (C=O) groups is 1. The molecule has 0 aromatic heterocycles. The van der Waals surface area contributed by atoms with Crippen molar-refractivity contribution in [1.29, 1.82) is 0 Å². The van der Waals surface area contributed by atoms with Crippen LogP contribution in [0.4, 0.5) is 8.78 Å². The molecular formula is C12H14F2O3. The van der Waals surface area contributed by atoms with Crippen molar-refractivity contribution in [2.24, 2.45) is 0 Å². The van der Waals surface area contributed by atoms with Crippen LogP contribution in [0.3, 0.4) is 0 Å². The smallest absolute Gasteiger partial charge is 0.307 e. The van der Waals surface area contributed by atoms with Crippen molar-refractivity contribution >= 4 is 5.97 Å². The fourth-order valence-corrected chi connectivity index (χ4v) is 1.35. The van der Waals surface area contributed by atoms with Crippen LogP contribution in [0.25, 0.3) is 0 Å². The molecule has 5 heteroatoms. The van der Waals surface area contributed by atoms with E-state index in [1.807, 2.05) is 6.92 Å². The first-order valence-electron chi connectivity index (χ1n) is 5.37. The normalized spacial score (nSPS) is 10.3. The molecule has 0 heterocycles. The van der Waals surface area contributed by atoms with E-state index < -0.39 is 29.8 Å². The first kappa shape index (κ1) is 13.4. The lowest BCUT2D eigenvalue weighted by Crippen LogP contribution is -2.05. The highest BCUT2D eigenvalue weighted by Gasteiger charge is 2.13. The van der Waals surface area contributed by atoms with E-state index >= 15 is 0 Å². The SMILES string of the molecule is CCCCOc1c(F)cc(CC(=O)O)cc1F. The van der Waals surface area contributed by atoms with Gasteiger partial charge < -0.3 is 9.84 Å². The van der Waals surface area contributed by atoms with E-state index in [2.05, 4.69) is 0 Å². The third-order valence-electron chi connectivity index (χ3n) is 2.16. The second kappa shape index (κ2) is 6.18. The minimum absolute atomic E-state index is 0.0790. The Morgan fingerprint density at radius 1 is 1.35 bits per heavy atom. The highest BCUT2D eigenvalue weighted by atomic mass is 19.1. The van der Waals surface area contributed by atoms with E-state index in [4.69, 9.17) is 9.84 Å². The number of aliphatic carboxylic acids is 1. The molecule has 0 amide bonds. The van der Waals surface area contributed by atoms with Crippen molar-refractivity contribution in [3.8, 4) is 5.75 Å². The van der Waals surface area contributed by atoms with Gasteiger partial charge in [-0.2, -0.15) is 0 Å². The molecule has 17 heavy (non-hydrogen) atoms. The van der Waals surface area contributed by atoms with E-state index in [1.54, 1.807) is 0 Å². The second-order valence-electron chi connectivity index (χ2n) is 3.66. The molecule has 1 rings (SSSR count). The number of ether oxygens (including phenoxy) is 1. The number of hydrogen-bond acceptors (Lipinski definition) is 2. The zero-order chi connectivity index (χ0) is 12.8. The summed E-state index contributed by atoms with van der Waals surface area (Å²) in [5.41, 5.74) is 0.0790. The van der Waals surface area contributed by atoms with Gasteiger partial charge in [-0.1, -0.05) is 13.3 Å². The Morgan fingerprint density at radius 3 is 2.41 bits per heavy atom. The van der Waals surface area contributed by atoms with Crippen LogP contribution in [-0.2, 0) is 11.2 Å². The van der Waals surface area contributed by atoms with Gasteiger partial charge in [0.05, 0.1) is 13.0 Å². The molecule has 1 N–H and O–H groups in total. The average Bonchev–Trinajstić information content (AvgIpc) is 2.21. The first-order chi connectivity index (χ1) is 8.04. The molecule has 0 spiro atoms. The zero-order valence-electron chi connectivity index (χ0n) is 9.50. The summed E-state index contributed by atoms with van der Waals surface area (Å²) in [7, 11) is 0. The quantitative estimate of drug-likeness (QED) is 0.783. The van der Waals surface area contributed by atoms with Crippen molar-refractivity contribution in [3.63, 3.8) is 0 Å². The van der Waals surface area contributed by atoms with Gasteiger partial charge in [-0.25, -0.2) is 8.78 Å². The third kappa shape index (κ3) is 4.01. The number of halogens is 2. The van der Waals surface area contributed by atoms with Crippen molar-refractivity contribution in [3.05, 3.63) is 29.3 Å². The topological polar surface area (TPSA) is 46.5 Å². The molecule has 0 aliphatic rings. The Hall–Kier alpha value is -1.65. The lowest BCUT2D eigenvalue weighted by Gasteiger charge is -2.09. The molecule has 0 aliphatic heterocycles. The summed E-state index contributed by atoms with van der Waals surface area (Å²) in [5, 5.41) is 8.52. The van der Waals surface area contributed by atoms with Gasteiger partial charge in [0.15, 0.2) is 17.4 Å². The Morgan fingerprint density at radius 2 is 1.94 bits per heavy atom. The monoisotopic (exact) mass is 244 g/mol. The van der Waals surface area contributed by atoms with Gasteiger partial charge in [-0.05, 0) is 24.1 Å². The lowest BCUT2D eigenvalue weighted by molar-refractivity contribution is -0.136. The number of hydrogen-bond donors (Lipinski definition) is 1. The van der Waals surface area contributed by atoms with Gasteiger partial charge >= 0.3 is 5.97 Å². The number of rotatable bonds is 6. The molecule has 0 saturated heterocycles. The highest BCUT2D eigenvalue weighted by Crippen LogP contribution is 2.23. The van der Waals surface area contributed by atoms with Crippen LogP contribution in [0, 0.1) is 11.6 Å². The van der Waals surface area contributed by atoms with Crippen LogP contribution >= 0.6 is 0 Å².